The van der Waals surface area contributed by atoms with Crippen molar-refractivity contribution < 1.29 is 4.52 Å². The molecule has 0 spiro atoms. The van der Waals surface area contributed by atoms with Gasteiger partial charge < -0.3 is 10.3 Å². The van der Waals surface area contributed by atoms with E-state index >= 15 is 0 Å². The summed E-state index contributed by atoms with van der Waals surface area (Å²) in [5.74, 6) is 0.899. The van der Waals surface area contributed by atoms with Gasteiger partial charge in [0.15, 0.2) is 0 Å². The van der Waals surface area contributed by atoms with E-state index in [1.807, 2.05) is 49.6 Å². The zero-order valence-corrected chi connectivity index (χ0v) is 11.1. The number of aryl methyl sites for hydroxylation is 1. The second-order valence-electron chi connectivity index (χ2n) is 4.53. The van der Waals surface area contributed by atoms with Gasteiger partial charge in [0.05, 0.1) is 5.92 Å². The van der Waals surface area contributed by atoms with Gasteiger partial charge in [-0.3, -0.25) is 4.68 Å². The van der Waals surface area contributed by atoms with Crippen LogP contribution in [0.1, 0.15) is 17.4 Å². The van der Waals surface area contributed by atoms with Crippen LogP contribution in [0.4, 0.5) is 0 Å². The fourth-order valence-electron chi connectivity index (χ4n) is 2.08. The summed E-state index contributed by atoms with van der Waals surface area (Å²) in [4.78, 5) is 4.41. The summed E-state index contributed by atoms with van der Waals surface area (Å²) in [7, 11) is 1.84. The summed E-state index contributed by atoms with van der Waals surface area (Å²) in [5.41, 5.74) is 7.59. The Morgan fingerprint density at radius 3 is 2.70 bits per heavy atom. The lowest BCUT2D eigenvalue weighted by atomic mass is 9.99. The second kappa shape index (κ2) is 5.26. The lowest BCUT2D eigenvalue weighted by Gasteiger charge is -2.09. The lowest BCUT2D eigenvalue weighted by Crippen LogP contribution is -2.14. The predicted octanol–water partition coefficient (Wildman–Crippen LogP) is 1.56. The van der Waals surface area contributed by atoms with Gasteiger partial charge in [0.2, 0.25) is 11.7 Å². The Bertz CT molecular complexity index is 688. The van der Waals surface area contributed by atoms with E-state index in [0.717, 1.165) is 5.56 Å². The molecule has 2 aromatic heterocycles. The van der Waals surface area contributed by atoms with Gasteiger partial charge in [-0.15, -0.1) is 0 Å². The molecule has 0 aliphatic carbocycles. The van der Waals surface area contributed by atoms with Crippen LogP contribution in [0.2, 0.25) is 0 Å². The minimum Gasteiger partial charge on any atom is -0.338 e. The number of hydrogen-bond donors (Lipinski definition) is 1. The molecule has 0 saturated carbocycles. The number of aromatic nitrogens is 4. The molecule has 102 valence electrons. The van der Waals surface area contributed by atoms with Crippen LogP contribution in [-0.4, -0.2) is 26.5 Å². The molecule has 20 heavy (non-hydrogen) atoms. The highest BCUT2D eigenvalue weighted by Crippen LogP contribution is 2.24. The molecule has 0 amide bonds. The molecular weight excluding hydrogens is 254 g/mol. The van der Waals surface area contributed by atoms with Crippen molar-refractivity contribution in [3.05, 3.63) is 54.0 Å². The predicted molar refractivity (Wildman–Crippen MR) is 73.8 cm³/mol. The summed E-state index contributed by atoms with van der Waals surface area (Å²) in [5, 5.41) is 8.23. The number of rotatable bonds is 4. The summed E-state index contributed by atoms with van der Waals surface area (Å²) >= 11 is 0. The Labute approximate surface area is 116 Å². The van der Waals surface area contributed by atoms with Crippen LogP contribution in [0.25, 0.3) is 11.5 Å². The molecule has 0 aliphatic heterocycles. The summed E-state index contributed by atoms with van der Waals surface area (Å²) < 4.78 is 7.04. The maximum atomic E-state index is 5.84. The zero-order chi connectivity index (χ0) is 13.9. The van der Waals surface area contributed by atoms with Crippen molar-refractivity contribution in [1.29, 1.82) is 0 Å². The van der Waals surface area contributed by atoms with Crippen molar-refractivity contribution in [2.75, 3.05) is 6.54 Å². The van der Waals surface area contributed by atoms with Crippen LogP contribution < -0.4 is 5.73 Å². The largest absolute Gasteiger partial charge is 0.338 e. The van der Waals surface area contributed by atoms with Crippen molar-refractivity contribution in [1.82, 2.24) is 19.9 Å². The summed E-state index contributed by atoms with van der Waals surface area (Å²) in [6, 6.07) is 11.7. The molecule has 0 saturated heterocycles. The highest BCUT2D eigenvalue weighted by molar-refractivity contribution is 5.47. The van der Waals surface area contributed by atoms with E-state index in [4.69, 9.17) is 10.3 Å². The van der Waals surface area contributed by atoms with Crippen LogP contribution in [0.5, 0.6) is 0 Å². The topological polar surface area (TPSA) is 82.8 Å². The first-order valence-electron chi connectivity index (χ1n) is 6.36. The molecule has 3 rings (SSSR count). The first-order chi connectivity index (χ1) is 9.78. The molecule has 0 aliphatic rings. The van der Waals surface area contributed by atoms with E-state index in [0.29, 0.717) is 24.0 Å². The Balaban J connectivity index is 1.92. The van der Waals surface area contributed by atoms with Crippen LogP contribution in [0, 0.1) is 0 Å². The third kappa shape index (κ3) is 2.33. The van der Waals surface area contributed by atoms with Gasteiger partial charge in [0.25, 0.3) is 0 Å². The quantitative estimate of drug-likeness (QED) is 0.777. The summed E-state index contributed by atoms with van der Waals surface area (Å²) in [6.45, 7) is 0.411. The minimum atomic E-state index is -0.0961. The summed E-state index contributed by atoms with van der Waals surface area (Å²) in [6.07, 6.45) is 1.84. The van der Waals surface area contributed by atoms with Crippen molar-refractivity contribution in [2.24, 2.45) is 12.8 Å². The molecule has 1 atom stereocenters. The van der Waals surface area contributed by atoms with E-state index in [2.05, 4.69) is 15.2 Å². The highest BCUT2D eigenvalue weighted by atomic mass is 16.5. The second-order valence-corrected chi connectivity index (χ2v) is 4.53. The van der Waals surface area contributed by atoms with Crippen molar-refractivity contribution in [3.63, 3.8) is 0 Å². The van der Waals surface area contributed by atoms with Crippen LogP contribution in [-0.2, 0) is 7.05 Å². The number of benzene rings is 1. The average molecular weight is 269 g/mol. The molecule has 1 unspecified atom stereocenters. The standard InChI is InChI=1S/C14H15N5O/c1-19-8-7-12(17-19)13-16-14(20-18-13)11(9-15)10-5-3-2-4-6-10/h2-8,11H,9,15H2,1H3. The van der Waals surface area contributed by atoms with Crippen molar-refractivity contribution in [2.45, 2.75) is 5.92 Å². The molecule has 3 aromatic rings. The minimum absolute atomic E-state index is 0.0961. The lowest BCUT2D eigenvalue weighted by molar-refractivity contribution is 0.367. The molecule has 0 fully saturated rings. The zero-order valence-electron chi connectivity index (χ0n) is 11.1. The third-order valence-electron chi connectivity index (χ3n) is 3.12. The Kier molecular flexibility index (Phi) is 3.30. The van der Waals surface area contributed by atoms with Gasteiger partial charge >= 0.3 is 0 Å². The molecule has 2 N–H and O–H groups in total. The smallest absolute Gasteiger partial charge is 0.235 e. The van der Waals surface area contributed by atoms with E-state index < -0.39 is 0 Å². The van der Waals surface area contributed by atoms with E-state index in [9.17, 15) is 0 Å². The van der Waals surface area contributed by atoms with E-state index in [1.165, 1.54) is 0 Å². The fraction of sp³-hybridized carbons (Fsp3) is 0.214. The Hall–Kier alpha value is -2.47. The van der Waals surface area contributed by atoms with Crippen molar-refractivity contribution in [3.8, 4) is 11.5 Å². The molecule has 6 nitrogen and oxygen atoms in total. The molecular formula is C14H15N5O. The van der Waals surface area contributed by atoms with Crippen LogP contribution in [0.15, 0.2) is 47.1 Å². The average Bonchev–Trinajstić information content (AvgIpc) is 3.10. The van der Waals surface area contributed by atoms with Crippen LogP contribution >= 0.6 is 0 Å². The molecule has 2 heterocycles. The number of nitrogens with zero attached hydrogens (tertiary/aromatic N) is 4. The monoisotopic (exact) mass is 269 g/mol. The Morgan fingerprint density at radius 1 is 1.25 bits per heavy atom. The molecule has 1 aromatic carbocycles. The van der Waals surface area contributed by atoms with Crippen molar-refractivity contribution >= 4 is 0 Å². The number of hydrogen-bond acceptors (Lipinski definition) is 5. The van der Waals surface area contributed by atoms with E-state index in [-0.39, 0.29) is 5.92 Å². The van der Waals surface area contributed by atoms with Gasteiger partial charge in [-0.25, -0.2) is 0 Å². The molecule has 0 radical (unpaired) electrons. The van der Waals surface area contributed by atoms with Gasteiger partial charge in [0.1, 0.15) is 5.69 Å². The molecule has 6 heteroatoms. The molecule has 0 bridgehead atoms. The Morgan fingerprint density at radius 2 is 2.05 bits per heavy atom. The van der Waals surface area contributed by atoms with Gasteiger partial charge in [-0.2, -0.15) is 10.1 Å². The fourth-order valence-corrected chi connectivity index (χ4v) is 2.08. The van der Waals surface area contributed by atoms with Gasteiger partial charge in [-0.1, -0.05) is 35.5 Å². The SMILES string of the molecule is Cn1ccc(-c2noc(C(CN)c3ccccc3)n2)n1. The first-order valence-corrected chi connectivity index (χ1v) is 6.36. The first kappa shape index (κ1) is 12.6. The maximum absolute atomic E-state index is 5.84. The number of nitrogens with two attached hydrogens (primary N) is 1. The van der Waals surface area contributed by atoms with Crippen LogP contribution in [0.3, 0.4) is 0 Å². The van der Waals surface area contributed by atoms with E-state index in [1.54, 1.807) is 4.68 Å². The van der Waals surface area contributed by atoms with Gasteiger partial charge in [-0.05, 0) is 11.6 Å². The normalized spacial score (nSPS) is 12.5. The maximum Gasteiger partial charge on any atom is 0.235 e. The van der Waals surface area contributed by atoms with Gasteiger partial charge in [0, 0.05) is 19.8 Å². The third-order valence-corrected chi connectivity index (χ3v) is 3.12. The highest BCUT2D eigenvalue weighted by Gasteiger charge is 2.20.